The molecule has 0 unspecified atom stereocenters. The Morgan fingerprint density at radius 1 is 0.759 bits per heavy atom. The molecule has 1 aliphatic heterocycles. The van der Waals surface area contributed by atoms with Crippen LogP contribution >= 0.6 is 0 Å². The van der Waals surface area contributed by atoms with Gasteiger partial charge in [-0.3, -0.25) is 0 Å². The van der Waals surface area contributed by atoms with E-state index in [2.05, 4.69) is 116 Å². The van der Waals surface area contributed by atoms with E-state index in [1.807, 2.05) is 0 Å². The second-order valence-corrected chi connectivity index (χ2v) is 8.36. The van der Waals surface area contributed by atoms with E-state index in [-0.39, 0.29) is 0 Å². The van der Waals surface area contributed by atoms with E-state index in [1.165, 1.54) is 49.9 Å². The van der Waals surface area contributed by atoms with E-state index < -0.39 is 0 Å². The van der Waals surface area contributed by atoms with Gasteiger partial charge in [0.2, 0.25) is 0 Å². The molecule has 0 spiro atoms. The number of rotatable bonds is 2. The molecule has 0 radical (unpaired) electrons. The van der Waals surface area contributed by atoms with Crippen LogP contribution in [0, 0.1) is 20.8 Å². The van der Waals surface area contributed by atoms with Gasteiger partial charge in [0.25, 0.3) is 0 Å². The molecule has 3 aromatic carbocycles. The standard InChI is InChI=1S/C26H27N3/c1-17-12-18(2)14-21(13-17)29-24-9-7-6-8-22(24)23-16-25(19(3)15-26(23)29)28-11-10-27(5)20(28)4/h6-16,20H,1-5H3/t20-/m0/s1. The van der Waals surface area contributed by atoms with Crippen molar-refractivity contribution in [3.63, 3.8) is 0 Å². The van der Waals surface area contributed by atoms with Gasteiger partial charge < -0.3 is 14.4 Å². The molecular weight excluding hydrogens is 354 g/mol. The lowest BCUT2D eigenvalue weighted by molar-refractivity contribution is 0.383. The van der Waals surface area contributed by atoms with Crippen LogP contribution in [0.1, 0.15) is 23.6 Å². The van der Waals surface area contributed by atoms with Crippen LogP contribution in [-0.2, 0) is 0 Å². The average Bonchev–Trinajstić information content (AvgIpc) is 3.17. The Morgan fingerprint density at radius 2 is 1.48 bits per heavy atom. The summed E-state index contributed by atoms with van der Waals surface area (Å²) in [6.07, 6.45) is 4.65. The SMILES string of the molecule is Cc1cc(C)cc(-n2c3ccccc3c3cc(N4C=CN(C)[C@@H]4C)c(C)cc32)c1. The molecule has 5 rings (SSSR count). The number of aryl methyl sites for hydroxylation is 3. The maximum Gasteiger partial charge on any atom is 0.102 e. The van der Waals surface area contributed by atoms with Crippen LogP contribution in [0.15, 0.2) is 67.0 Å². The summed E-state index contributed by atoms with van der Waals surface area (Å²) in [7, 11) is 2.13. The molecule has 1 atom stereocenters. The summed E-state index contributed by atoms with van der Waals surface area (Å²) >= 11 is 0. The zero-order chi connectivity index (χ0) is 20.3. The van der Waals surface area contributed by atoms with Crippen molar-refractivity contribution in [2.45, 2.75) is 33.9 Å². The molecule has 0 bridgehead atoms. The molecule has 146 valence electrons. The number of hydrogen-bond donors (Lipinski definition) is 0. The predicted molar refractivity (Wildman–Crippen MR) is 124 cm³/mol. The minimum atomic E-state index is 0.318. The highest BCUT2D eigenvalue weighted by molar-refractivity contribution is 6.10. The Balaban J connectivity index is 1.83. The van der Waals surface area contributed by atoms with Crippen LogP contribution in [0.3, 0.4) is 0 Å². The summed E-state index contributed by atoms with van der Waals surface area (Å²) < 4.78 is 2.41. The summed E-state index contributed by atoms with van der Waals surface area (Å²) in [5, 5.41) is 2.60. The van der Waals surface area contributed by atoms with Crippen molar-refractivity contribution < 1.29 is 0 Å². The first-order valence-corrected chi connectivity index (χ1v) is 10.2. The minimum Gasteiger partial charge on any atom is -0.359 e. The molecule has 1 aromatic heterocycles. The van der Waals surface area contributed by atoms with Gasteiger partial charge in [-0.25, -0.2) is 0 Å². The fraction of sp³-hybridized carbons (Fsp3) is 0.231. The predicted octanol–water partition coefficient (Wildman–Crippen LogP) is 6.28. The summed E-state index contributed by atoms with van der Waals surface area (Å²) in [6, 6.07) is 20.3. The highest BCUT2D eigenvalue weighted by Gasteiger charge is 2.23. The molecule has 1 aliphatic rings. The Labute approximate surface area is 172 Å². The van der Waals surface area contributed by atoms with E-state index in [0.29, 0.717) is 6.17 Å². The average molecular weight is 382 g/mol. The maximum absolute atomic E-state index is 2.41. The van der Waals surface area contributed by atoms with Gasteiger partial charge in [-0.1, -0.05) is 24.3 Å². The number of hydrogen-bond acceptors (Lipinski definition) is 2. The largest absolute Gasteiger partial charge is 0.359 e. The molecule has 0 amide bonds. The Morgan fingerprint density at radius 3 is 2.17 bits per heavy atom. The van der Waals surface area contributed by atoms with Gasteiger partial charge in [-0.15, -0.1) is 0 Å². The third kappa shape index (κ3) is 2.72. The topological polar surface area (TPSA) is 11.4 Å². The number of para-hydroxylation sites is 1. The first-order chi connectivity index (χ1) is 13.9. The van der Waals surface area contributed by atoms with E-state index in [0.717, 1.165) is 0 Å². The zero-order valence-electron chi connectivity index (χ0n) is 17.8. The van der Waals surface area contributed by atoms with Gasteiger partial charge in [0.15, 0.2) is 0 Å². The fourth-order valence-electron chi connectivity index (χ4n) is 4.65. The van der Waals surface area contributed by atoms with Crippen molar-refractivity contribution >= 4 is 27.5 Å². The van der Waals surface area contributed by atoms with Crippen LogP contribution < -0.4 is 4.90 Å². The minimum absolute atomic E-state index is 0.318. The van der Waals surface area contributed by atoms with Crippen molar-refractivity contribution in [2.24, 2.45) is 0 Å². The third-order valence-electron chi connectivity index (χ3n) is 6.19. The smallest absolute Gasteiger partial charge is 0.102 e. The van der Waals surface area contributed by atoms with Crippen molar-refractivity contribution in [1.82, 2.24) is 9.47 Å². The number of anilines is 1. The Hall–Kier alpha value is -3.20. The molecule has 3 nitrogen and oxygen atoms in total. The highest BCUT2D eigenvalue weighted by Crippen LogP contribution is 2.38. The summed E-state index contributed by atoms with van der Waals surface area (Å²) in [4.78, 5) is 4.60. The van der Waals surface area contributed by atoms with Crippen molar-refractivity contribution in [3.8, 4) is 5.69 Å². The Bertz CT molecular complexity index is 1260. The molecule has 29 heavy (non-hydrogen) atoms. The normalized spacial score (nSPS) is 16.5. The molecule has 2 heterocycles. The fourth-order valence-corrected chi connectivity index (χ4v) is 4.65. The summed E-state index contributed by atoms with van der Waals surface area (Å²) in [6.45, 7) is 8.80. The number of nitrogens with zero attached hydrogens (tertiary/aromatic N) is 3. The zero-order valence-corrected chi connectivity index (χ0v) is 17.8. The van der Waals surface area contributed by atoms with Crippen LogP contribution in [0.2, 0.25) is 0 Å². The Kier molecular flexibility index (Phi) is 3.95. The van der Waals surface area contributed by atoms with E-state index >= 15 is 0 Å². The monoisotopic (exact) mass is 381 g/mol. The first kappa shape index (κ1) is 17.9. The van der Waals surface area contributed by atoms with Gasteiger partial charge in [0.1, 0.15) is 6.17 Å². The van der Waals surface area contributed by atoms with Crippen molar-refractivity contribution in [1.29, 1.82) is 0 Å². The molecule has 4 aromatic rings. The lowest BCUT2D eigenvalue weighted by atomic mass is 10.1. The molecule has 0 aliphatic carbocycles. The van der Waals surface area contributed by atoms with Gasteiger partial charge >= 0.3 is 0 Å². The lowest BCUT2D eigenvalue weighted by Gasteiger charge is -2.28. The van der Waals surface area contributed by atoms with Crippen molar-refractivity contribution in [2.75, 3.05) is 11.9 Å². The van der Waals surface area contributed by atoms with Gasteiger partial charge in [-0.05, 0) is 74.7 Å². The molecule has 0 saturated carbocycles. The van der Waals surface area contributed by atoms with Crippen molar-refractivity contribution in [3.05, 3.63) is 83.7 Å². The molecule has 0 saturated heterocycles. The van der Waals surface area contributed by atoms with Crippen LogP contribution in [0.5, 0.6) is 0 Å². The third-order valence-corrected chi connectivity index (χ3v) is 6.19. The second kappa shape index (κ2) is 6.41. The second-order valence-electron chi connectivity index (χ2n) is 8.36. The molecule has 0 N–H and O–H groups in total. The van der Waals surface area contributed by atoms with E-state index in [4.69, 9.17) is 0 Å². The van der Waals surface area contributed by atoms with Crippen LogP contribution in [0.25, 0.3) is 27.5 Å². The quantitative estimate of drug-likeness (QED) is 0.405. The lowest BCUT2D eigenvalue weighted by Crippen LogP contribution is -2.33. The number of fused-ring (bicyclic) bond motifs is 3. The van der Waals surface area contributed by atoms with E-state index in [1.54, 1.807) is 0 Å². The first-order valence-electron chi connectivity index (χ1n) is 10.2. The van der Waals surface area contributed by atoms with Gasteiger partial charge in [-0.2, -0.15) is 0 Å². The number of aromatic nitrogens is 1. The van der Waals surface area contributed by atoms with Crippen LogP contribution in [0.4, 0.5) is 5.69 Å². The summed E-state index contributed by atoms with van der Waals surface area (Å²) in [5.74, 6) is 0. The summed E-state index contributed by atoms with van der Waals surface area (Å²) in [5.41, 5.74) is 8.89. The highest BCUT2D eigenvalue weighted by atomic mass is 15.4. The number of benzene rings is 3. The molecule has 3 heteroatoms. The molecule has 0 fully saturated rings. The van der Waals surface area contributed by atoms with Crippen LogP contribution in [-0.4, -0.2) is 22.7 Å². The molecular formula is C26H27N3. The van der Waals surface area contributed by atoms with Gasteiger partial charge in [0, 0.05) is 41.6 Å². The van der Waals surface area contributed by atoms with E-state index in [9.17, 15) is 0 Å². The van der Waals surface area contributed by atoms with Gasteiger partial charge in [0.05, 0.1) is 11.0 Å². The maximum atomic E-state index is 2.41.